The van der Waals surface area contributed by atoms with Gasteiger partial charge in [0.25, 0.3) is 0 Å². The summed E-state index contributed by atoms with van der Waals surface area (Å²) in [6, 6.07) is 0. The standard InChI is InChI=1S/C13H24N2S/c1-10(2)11(7-15-13(3,4)5)6-12-8-16-9-14-12/h8-11,15H,6-7H2,1-5H3. The first kappa shape index (κ1) is 13.7. The minimum absolute atomic E-state index is 0.204. The number of aromatic nitrogens is 1. The number of hydrogen-bond donors (Lipinski definition) is 1. The van der Waals surface area contributed by atoms with Crippen molar-refractivity contribution >= 4 is 11.3 Å². The van der Waals surface area contributed by atoms with Gasteiger partial charge >= 0.3 is 0 Å². The van der Waals surface area contributed by atoms with Crippen molar-refractivity contribution in [1.29, 1.82) is 0 Å². The van der Waals surface area contributed by atoms with E-state index in [4.69, 9.17) is 0 Å². The first-order valence-corrected chi connectivity index (χ1v) is 6.95. The van der Waals surface area contributed by atoms with E-state index in [2.05, 4.69) is 50.3 Å². The molecular weight excluding hydrogens is 216 g/mol. The number of hydrogen-bond acceptors (Lipinski definition) is 3. The van der Waals surface area contributed by atoms with Crippen LogP contribution in [0.4, 0.5) is 0 Å². The Balaban J connectivity index is 2.48. The van der Waals surface area contributed by atoms with Crippen LogP contribution in [0, 0.1) is 11.8 Å². The predicted molar refractivity (Wildman–Crippen MR) is 71.9 cm³/mol. The third-order valence-corrected chi connectivity index (χ3v) is 3.43. The molecule has 0 spiro atoms. The van der Waals surface area contributed by atoms with Gasteiger partial charge in [0.1, 0.15) is 0 Å². The van der Waals surface area contributed by atoms with Gasteiger partial charge in [-0.05, 0) is 45.6 Å². The SMILES string of the molecule is CC(C)C(CNC(C)(C)C)Cc1cscn1. The summed E-state index contributed by atoms with van der Waals surface area (Å²) in [7, 11) is 0. The Bertz CT molecular complexity index is 285. The Morgan fingerprint density at radius 1 is 1.38 bits per heavy atom. The molecule has 0 fully saturated rings. The molecule has 1 atom stereocenters. The van der Waals surface area contributed by atoms with E-state index in [0.29, 0.717) is 11.8 Å². The molecule has 1 N–H and O–H groups in total. The first-order valence-electron chi connectivity index (χ1n) is 6.00. The number of rotatable bonds is 5. The first-order chi connectivity index (χ1) is 7.38. The molecule has 1 aromatic heterocycles. The molecular formula is C13H24N2S. The van der Waals surface area contributed by atoms with Gasteiger partial charge in [-0.2, -0.15) is 0 Å². The Morgan fingerprint density at radius 3 is 2.50 bits per heavy atom. The maximum absolute atomic E-state index is 4.37. The van der Waals surface area contributed by atoms with Crippen molar-refractivity contribution < 1.29 is 0 Å². The smallest absolute Gasteiger partial charge is 0.0794 e. The van der Waals surface area contributed by atoms with Crippen LogP contribution in [0.25, 0.3) is 0 Å². The van der Waals surface area contributed by atoms with E-state index in [1.54, 1.807) is 11.3 Å². The molecule has 0 radical (unpaired) electrons. The maximum Gasteiger partial charge on any atom is 0.0794 e. The van der Waals surface area contributed by atoms with Crippen LogP contribution < -0.4 is 5.32 Å². The second-order valence-corrected chi connectivity index (χ2v) is 6.54. The van der Waals surface area contributed by atoms with E-state index in [9.17, 15) is 0 Å². The third-order valence-electron chi connectivity index (χ3n) is 2.79. The lowest BCUT2D eigenvalue weighted by Gasteiger charge is -2.27. The van der Waals surface area contributed by atoms with Crippen LogP contribution >= 0.6 is 11.3 Å². The summed E-state index contributed by atoms with van der Waals surface area (Å²) in [6.45, 7) is 12.3. The highest BCUT2D eigenvalue weighted by Crippen LogP contribution is 2.17. The zero-order valence-electron chi connectivity index (χ0n) is 11.1. The van der Waals surface area contributed by atoms with E-state index in [0.717, 1.165) is 13.0 Å². The third kappa shape index (κ3) is 5.08. The van der Waals surface area contributed by atoms with Crippen molar-refractivity contribution in [3.05, 3.63) is 16.6 Å². The van der Waals surface area contributed by atoms with Crippen LogP contribution in [0.2, 0.25) is 0 Å². The lowest BCUT2D eigenvalue weighted by atomic mass is 9.90. The minimum atomic E-state index is 0.204. The Kier molecular flexibility index (Phi) is 4.93. The second kappa shape index (κ2) is 5.78. The normalized spacial score (nSPS) is 14.4. The second-order valence-electron chi connectivity index (χ2n) is 5.82. The fourth-order valence-electron chi connectivity index (χ4n) is 1.59. The predicted octanol–water partition coefficient (Wildman–Crippen LogP) is 3.35. The van der Waals surface area contributed by atoms with Crippen LogP contribution in [-0.2, 0) is 6.42 Å². The topological polar surface area (TPSA) is 24.9 Å². The molecule has 1 rings (SSSR count). The van der Waals surface area contributed by atoms with Gasteiger partial charge in [0.2, 0.25) is 0 Å². The molecule has 2 nitrogen and oxygen atoms in total. The van der Waals surface area contributed by atoms with Crippen LogP contribution in [0.1, 0.15) is 40.3 Å². The summed E-state index contributed by atoms with van der Waals surface area (Å²) in [6.07, 6.45) is 1.09. The number of nitrogens with one attached hydrogen (secondary N) is 1. The van der Waals surface area contributed by atoms with Crippen LogP contribution in [0.5, 0.6) is 0 Å². The largest absolute Gasteiger partial charge is 0.312 e. The summed E-state index contributed by atoms with van der Waals surface area (Å²) in [5.41, 5.74) is 3.36. The van der Waals surface area contributed by atoms with Gasteiger partial charge in [-0.3, -0.25) is 0 Å². The molecule has 16 heavy (non-hydrogen) atoms. The lowest BCUT2D eigenvalue weighted by Crippen LogP contribution is -2.40. The van der Waals surface area contributed by atoms with Gasteiger partial charge < -0.3 is 5.32 Å². The Labute approximate surface area is 103 Å². The molecule has 3 heteroatoms. The van der Waals surface area contributed by atoms with Crippen LogP contribution in [-0.4, -0.2) is 17.1 Å². The summed E-state index contributed by atoms with van der Waals surface area (Å²) in [4.78, 5) is 4.37. The van der Waals surface area contributed by atoms with Crippen molar-refractivity contribution in [1.82, 2.24) is 10.3 Å². The summed E-state index contributed by atoms with van der Waals surface area (Å²) in [5.74, 6) is 1.36. The average molecular weight is 240 g/mol. The van der Waals surface area contributed by atoms with Gasteiger partial charge in [0.05, 0.1) is 11.2 Å². The van der Waals surface area contributed by atoms with Gasteiger partial charge in [-0.15, -0.1) is 11.3 Å². The molecule has 1 aromatic rings. The number of nitrogens with zero attached hydrogens (tertiary/aromatic N) is 1. The Hall–Kier alpha value is -0.410. The molecule has 0 bridgehead atoms. The molecule has 0 aliphatic rings. The minimum Gasteiger partial charge on any atom is -0.312 e. The van der Waals surface area contributed by atoms with Crippen LogP contribution in [0.3, 0.4) is 0 Å². The molecule has 1 heterocycles. The molecule has 0 amide bonds. The molecule has 0 saturated carbocycles. The van der Waals surface area contributed by atoms with Crippen LogP contribution in [0.15, 0.2) is 10.9 Å². The van der Waals surface area contributed by atoms with E-state index >= 15 is 0 Å². The van der Waals surface area contributed by atoms with Crippen molar-refractivity contribution in [2.24, 2.45) is 11.8 Å². The fraction of sp³-hybridized carbons (Fsp3) is 0.769. The lowest BCUT2D eigenvalue weighted by molar-refractivity contribution is 0.311. The quantitative estimate of drug-likeness (QED) is 0.854. The van der Waals surface area contributed by atoms with Gasteiger partial charge in [0.15, 0.2) is 0 Å². The average Bonchev–Trinajstić information content (AvgIpc) is 2.62. The van der Waals surface area contributed by atoms with Gasteiger partial charge in [0, 0.05) is 10.9 Å². The summed E-state index contributed by atoms with van der Waals surface area (Å²) in [5, 5.41) is 5.75. The molecule has 0 aliphatic carbocycles. The zero-order valence-corrected chi connectivity index (χ0v) is 11.9. The molecule has 0 aromatic carbocycles. The van der Waals surface area contributed by atoms with Gasteiger partial charge in [-0.25, -0.2) is 4.98 Å². The van der Waals surface area contributed by atoms with E-state index in [1.807, 2.05) is 5.51 Å². The molecule has 0 saturated heterocycles. The fourth-order valence-corrected chi connectivity index (χ4v) is 2.16. The van der Waals surface area contributed by atoms with E-state index < -0.39 is 0 Å². The molecule has 92 valence electrons. The number of thiazole rings is 1. The Morgan fingerprint density at radius 2 is 2.06 bits per heavy atom. The highest BCUT2D eigenvalue weighted by molar-refractivity contribution is 7.07. The van der Waals surface area contributed by atoms with E-state index in [-0.39, 0.29) is 5.54 Å². The van der Waals surface area contributed by atoms with Crippen molar-refractivity contribution in [2.75, 3.05) is 6.54 Å². The van der Waals surface area contributed by atoms with Crippen molar-refractivity contribution in [3.63, 3.8) is 0 Å². The van der Waals surface area contributed by atoms with Gasteiger partial charge in [-0.1, -0.05) is 13.8 Å². The monoisotopic (exact) mass is 240 g/mol. The zero-order chi connectivity index (χ0) is 12.2. The molecule has 1 unspecified atom stereocenters. The highest BCUT2D eigenvalue weighted by atomic mass is 32.1. The highest BCUT2D eigenvalue weighted by Gasteiger charge is 2.18. The molecule has 0 aliphatic heterocycles. The summed E-state index contributed by atoms with van der Waals surface area (Å²) < 4.78 is 0. The summed E-state index contributed by atoms with van der Waals surface area (Å²) >= 11 is 1.69. The van der Waals surface area contributed by atoms with E-state index in [1.165, 1.54) is 5.69 Å². The van der Waals surface area contributed by atoms with Crippen molar-refractivity contribution in [2.45, 2.75) is 46.6 Å². The van der Waals surface area contributed by atoms with Crippen molar-refractivity contribution in [3.8, 4) is 0 Å². The maximum atomic E-state index is 4.37.